The Morgan fingerprint density at radius 1 is 1.39 bits per heavy atom. The van der Waals surface area contributed by atoms with Crippen molar-refractivity contribution in [3.8, 4) is 5.75 Å². The zero-order valence-corrected chi connectivity index (χ0v) is 14.0. The van der Waals surface area contributed by atoms with Crippen molar-refractivity contribution < 1.29 is 19.4 Å². The molecule has 6 nitrogen and oxygen atoms in total. The molecular formula is C17H24N2O4. The fourth-order valence-corrected chi connectivity index (χ4v) is 1.79. The number of likely N-dealkylation sites (N-methyl/N-ethyl adjacent to an activating group) is 1. The van der Waals surface area contributed by atoms with Crippen molar-refractivity contribution >= 4 is 17.9 Å². The molecule has 0 aliphatic heterocycles. The maximum absolute atomic E-state index is 12.0. The molecule has 0 saturated carbocycles. The molecule has 0 fully saturated rings. The zero-order valence-electron chi connectivity index (χ0n) is 14.0. The number of benzene rings is 1. The molecule has 0 aliphatic rings. The number of carbonyl (C=O) groups excluding carboxylic acids is 2. The van der Waals surface area contributed by atoms with Gasteiger partial charge < -0.3 is 20.1 Å². The Morgan fingerprint density at radius 2 is 2.09 bits per heavy atom. The molecule has 0 unspecified atom stereocenters. The average Bonchev–Trinajstić information content (AvgIpc) is 2.52. The van der Waals surface area contributed by atoms with Crippen molar-refractivity contribution in [1.29, 1.82) is 0 Å². The number of hydrogen-bond donors (Lipinski definition) is 2. The second-order valence-corrected chi connectivity index (χ2v) is 5.89. The number of aliphatic hydroxyl groups is 1. The van der Waals surface area contributed by atoms with E-state index in [1.54, 1.807) is 40.1 Å². The van der Waals surface area contributed by atoms with Gasteiger partial charge in [-0.3, -0.25) is 9.59 Å². The summed E-state index contributed by atoms with van der Waals surface area (Å²) in [4.78, 5) is 25.2. The van der Waals surface area contributed by atoms with Gasteiger partial charge in [-0.2, -0.15) is 0 Å². The number of amides is 2. The van der Waals surface area contributed by atoms with Gasteiger partial charge in [0.15, 0.2) is 0 Å². The topological polar surface area (TPSA) is 78.9 Å². The van der Waals surface area contributed by atoms with E-state index >= 15 is 0 Å². The molecular weight excluding hydrogens is 296 g/mol. The van der Waals surface area contributed by atoms with Gasteiger partial charge in [-0.25, -0.2) is 0 Å². The van der Waals surface area contributed by atoms with Gasteiger partial charge in [-0.05, 0) is 37.6 Å². The minimum Gasteiger partial charge on any atom is -0.497 e. The Morgan fingerprint density at radius 3 is 2.70 bits per heavy atom. The molecule has 0 saturated heterocycles. The summed E-state index contributed by atoms with van der Waals surface area (Å²) in [6.45, 7) is 3.15. The second-order valence-electron chi connectivity index (χ2n) is 5.89. The van der Waals surface area contributed by atoms with Crippen molar-refractivity contribution in [1.82, 2.24) is 10.2 Å². The molecule has 0 heterocycles. The van der Waals surface area contributed by atoms with E-state index in [9.17, 15) is 9.59 Å². The van der Waals surface area contributed by atoms with Crippen LogP contribution in [0.15, 0.2) is 30.3 Å². The minimum atomic E-state index is -0.711. The van der Waals surface area contributed by atoms with Gasteiger partial charge in [0.25, 0.3) is 0 Å². The summed E-state index contributed by atoms with van der Waals surface area (Å²) in [6.07, 6.45) is 3.07. The highest BCUT2D eigenvalue weighted by Gasteiger charge is 2.20. The Bertz CT molecular complexity index is 582. The standard InChI is InChI=1S/C17H24N2O4/c1-17(2,12-20)18-15(21)11-19(3)16(22)9-8-13-6-5-7-14(10-13)23-4/h5-10,20H,11-12H2,1-4H3,(H,18,21)/b9-8+. The predicted molar refractivity (Wildman–Crippen MR) is 89.0 cm³/mol. The Kier molecular flexibility index (Phi) is 6.78. The summed E-state index contributed by atoms with van der Waals surface area (Å²) in [5.41, 5.74) is 0.120. The molecule has 126 valence electrons. The van der Waals surface area contributed by atoms with Gasteiger partial charge in [-0.1, -0.05) is 12.1 Å². The third kappa shape index (κ3) is 6.52. The maximum atomic E-state index is 12.0. The number of methoxy groups -OCH3 is 1. The van der Waals surface area contributed by atoms with Crippen LogP contribution in [0.4, 0.5) is 0 Å². The number of nitrogens with zero attached hydrogens (tertiary/aromatic N) is 1. The molecule has 1 aromatic rings. The number of hydrogen-bond acceptors (Lipinski definition) is 4. The number of aliphatic hydroxyl groups excluding tert-OH is 1. The highest BCUT2D eigenvalue weighted by atomic mass is 16.5. The monoisotopic (exact) mass is 320 g/mol. The van der Waals surface area contributed by atoms with Crippen LogP contribution in [-0.4, -0.2) is 54.7 Å². The molecule has 2 N–H and O–H groups in total. The highest BCUT2D eigenvalue weighted by molar-refractivity contribution is 5.94. The number of ether oxygens (including phenoxy) is 1. The third-order valence-corrected chi connectivity index (χ3v) is 3.14. The fraction of sp³-hybridized carbons (Fsp3) is 0.412. The molecule has 0 aliphatic carbocycles. The summed E-state index contributed by atoms with van der Waals surface area (Å²) in [7, 11) is 3.12. The Labute approximate surface area is 136 Å². The summed E-state index contributed by atoms with van der Waals surface area (Å²) in [5.74, 6) is 0.0954. The first-order chi connectivity index (χ1) is 10.8. The first-order valence-corrected chi connectivity index (χ1v) is 7.26. The van der Waals surface area contributed by atoms with Crippen LogP contribution in [0, 0.1) is 0 Å². The smallest absolute Gasteiger partial charge is 0.246 e. The predicted octanol–water partition coefficient (Wildman–Crippen LogP) is 1.05. The first-order valence-electron chi connectivity index (χ1n) is 7.26. The van der Waals surface area contributed by atoms with Gasteiger partial charge in [0.05, 0.1) is 25.8 Å². The molecule has 23 heavy (non-hydrogen) atoms. The molecule has 6 heteroatoms. The SMILES string of the molecule is COc1cccc(/C=C/C(=O)N(C)CC(=O)NC(C)(C)CO)c1. The van der Waals surface area contributed by atoms with Crippen LogP contribution in [0.25, 0.3) is 6.08 Å². The van der Waals surface area contributed by atoms with Gasteiger partial charge in [0.1, 0.15) is 5.75 Å². The first kappa shape index (κ1) is 18.7. The lowest BCUT2D eigenvalue weighted by atomic mass is 10.1. The minimum absolute atomic E-state index is 0.0787. The van der Waals surface area contributed by atoms with Gasteiger partial charge >= 0.3 is 0 Å². The van der Waals surface area contributed by atoms with Crippen LogP contribution in [0.2, 0.25) is 0 Å². The molecule has 1 aromatic carbocycles. The van der Waals surface area contributed by atoms with E-state index in [1.165, 1.54) is 11.0 Å². The summed E-state index contributed by atoms with van der Waals surface area (Å²) >= 11 is 0. The van der Waals surface area contributed by atoms with Crippen molar-refractivity contribution in [2.24, 2.45) is 0 Å². The van der Waals surface area contributed by atoms with Crippen LogP contribution in [-0.2, 0) is 9.59 Å². The summed E-state index contributed by atoms with van der Waals surface area (Å²) in [6, 6.07) is 7.30. The second kappa shape index (κ2) is 8.33. The highest BCUT2D eigenvalue weighted by Crippen LogP contribution is 2.13. The molecule has 0 radical (unpaired) electrons. The van der Waals surface area contributed by atoms with Crippen LogP contribution in [0.3, 0.4) is 0 Å². The lowest BCUT2D eigenvalue weighted by Crippen LogP contribution is -2.49. The molecule has 0 spiro atoms. The normalized spacial score (nSPS) is 11.3. The van der Waals surface area contributed by atoms with Gasteiger partial charge in [0.2, 0.25) is 11.8 Å². The lowest BCUT2D eigenvalue weighted by molar-refractivity contribution is -0.132. The Balaban J connectivity index is 2.59. The van der Waals surface area contributed by atoms with Crippen molar-refractivity contribution in [3.63, 3.8) is 0 Å². The Hall–Kier alpha value is -2.34. The van der Waals surface area contributed by atoms with E-state index in [2.05, 4.69) is 5.32 Å². The molecule has 0 atom stereocenters. The van der Waals surface area contributed by atoms with E-state index in [-0.39, 0.29) is 25.0 Å². The van der Waals surface area contributed by atoms with Crippen molar-refractivity contribution in [3.05, 3.63) is 35.9 Å². The maximum Gasteiger partial charge on any atom is 0.246 e. The van der Waals surface area contributed by atoms with E-state index in [4.69, 9.17) is 9.84 Å². The number of nitrogens with one attached hydrogen (secondary N) is 1. The largest absolute Gasteiger partial charge is 0.497 e. The lowest BCUT2D eigenvalue weighted by Gasteiger charge is -2.25. The summed E-state index contributed by atoms with van der Waals surface area (Å²) < 4.78 is 5.12. The molecule has 0 aromatic heterocycles. The van der Waals surface area contributed by atoms with Crippen LogP contribution in [0.5, 0.6) is 5.75 Å². The van der Waals surface area contributed by atoms with Crippen LogP contribution < -0.4 is 10.1 Å². The van der Waals surface area contributed by atoms with Crippen molar-refractivity contribution in [2.45, 2.75) is 19.4 Å². The van der Waals surface area contributed by atoms with E-state index < -0.39 is 5.54 Å². The molecule has 1 rings (SSSR count). The number of carbonyl (C=O) groups is 2. The molecule has 0 bridgehead atoms. The zero-order chi connectivity index (χ0) is 17.5. The number of rotatable bonds is 7. The van der Waals surface area contributed by atoms with Crippen LogP contribution in [0.1, 0.15) is 19.4 Å². The van der Waals surface area contributed by atoms with E-state index in [0.29, 0.717) is 5.75 Å². The van der Waals surface area contributed by atoms with E-state index in [0.717, 1.165) is 5.56 Å². The van der Waals surface area contributed by atoms with Gasteiger partial charge in [0, 0.05) is 13.1 Å². The van der Waals surface area contributed by atoms with Gasteiger partial charge in [-0.15, -0.1) is 0 Å². The average molecular weight is 320 g/mol. The fourth-order valence-electron chi connectivity index (χ4n) is 1.79. The summed E-state index contributed by atoms with van der Waals surface area (Å²) in [5, 5.41) is 11.8. The van der Waals surface area contributed by atoms with E-state index in [1.807, 2.05) is 18.2 Å². The third-order valence-electron chi connectivity index (χ3n) is 3.14. The van der Waals surface area contributed by atoms with Crippen LogP contribution >= 0.6 is 0 Å². The quantitative estimate of drug-likeness (QED) is 0.736. The molecule has 2 amide bonds. The van der Waals surface area contributed by atoms with Crippen molar-refractivity contribution in [2.75, 3.05) is 27.3 Å².